The van der Waals surface area contributed by atoms with Crippen molar-refractivity contribution in [3.8, 4) is 0 Å². The maximum Gasteiger partial charge on any atom is 0.303 e. The Bertz CT molecular complexity index is 330. The van der Waals surface area contributed by atoms with Crippen molar-refractivity contribution in [3.63, 3.8) is 0 Å². The van der Waals surface area contributed by atoms with Crippen molar-refractivity contribution in [1.82, 2.24) is 4.98 Å². The van der Waals surface area contributed by atoms with Gasteiger partial charge < -0.3 is 10.8 Å². The van der Waals surface area contributed by atoms with Crippen LogP contribution in [0.25, 0.3) is 0 Å². The molecule has 0 aliphatic heterocycles. The fourth-order valence-electron chi connectivity index (χ4n) is 1.09. The van der Waals surface area contributed by atoms with E-state index in [1.807, 2.05) is 6.07 Å². The predicted molar refractivity (Wildman–Crippen MR) is 55.7 cm³/mol. The number of carbonyl (C=O) groups is 1. The number of hydrogen-bond acceptors (Lipinski definition) is 3. The minimum absolute atomic E-state index is 0.0597. The number of halogens is 1. The van der Waals surface area contributed by atoms with E-state index in [0.717, 1.165) is 4.47 Å². The summed E-state index contributed by atoms with van der Waals surface area (Å²) >= 11 is 3.31. The molecule has 0 aliphatic rings. The second kappa shape index (κ2) is 5.07. The number of nitrogens with zero attached hydrogens (tertiary/aromatic N) is 1. The maximum absolute atomic E-state index is 10.3. The maximum atomic E-state index is 10.3. The Morgan fingerprint density at radius 1 is 1.71 bits per heavy atom. The number of pyridine rings is 1. The monoisotopic (exact) mass is 258 g/mol. The lowest BCUT2D eigenvalue weighted by Gasteiger charge is -2.10. The summed E-state index contributed by atoms with van der Waals surface area (Å²) in [4.78, 5) is 14.4. The van der Waals surface area contributed by atoms with Gasteiger partial charge in [0.2, 0.25) is 0 Å². The Hall–Kier alpha value is -0.940. The predicted octanol–water partition coefficient (Wildman–Crippen LogP) is 1.71. The summed E-state index contributed by atoms with van der Waals surface area (Å²) in [5.74, 6) is -0.840. The molecular formula is C9H11BrN2O2. The molecular weight excluding hydrogens is 248 g/mol. The van der Waals surface area contributed by atoms with Crippen molar-refractivity contribution >= 4 is 21.9 Å². The molecule has 1 rings (SSSR count). The molecule has 0 saturated heterocycles. The van der Waals surface area contributed by atoms with Gasteiger partial charge in [0.1, 0.15) is 0 Å². The molecule has 0 amide bonds. The third-order valence-electron chi connectivity index (χ3n) is 1.81. The van der Waals surface area contributed by atoms with Crippen LogP contribution < -0.4 is 5.73 Å². The average molecular weight is 259 g/mol. The quantitative estimate of drug-likeness (QED) is 0.862. The van der Waals surface area contributed by atoms with Crippen molar-refractivity contribution in [2.24, 2.45) is 5.73 Å². The van der Waals surface area contributed by atoms with Crippen LogP contribution in [-0.4, -0.2) is 16.1 Å². The lowest BCUT2D eigenvalue weighted by atomic mass is 10.1. The number of hydrogen-bond donors (Lipinski definition) is 2. The summed E-state index contributed by atoms with van der Waals surface area (Å²) in [5.41, 5.74) is 6.49. The van der Waals surface area contributed by atoms with Crippen LogP contribution >= 0.6 is 15.9 Å². The third-order valence-corrected chi connectivity index (χ3v) is 2.48. The van der Waals surface area contributed by atoms with Gasteiger partial charge in [-0.2, -0.15) is 0 Å². The molecule has 4 nitrogen and oxygen atoms in total. The van der Waals surface area contributed by atoms with E-state index in [1.165, 1.54) is 0 Å². The van der Waals surface area contributed by atoms with Gasteiger partial charge in [-0.3, -0.25) is 9.78 Å². The van der Waals surface area contributed by atoms with Crippen LogP contribution in [0.5, 0.6) is 0 Å². The van der Waals surface area contributed by atoms with Crippen LogP contribution in [0.3, 0.4) is 0 Å². The molecule has 5 heteroatoms. The lowest BCUT2D eigenvalue weighted by Crippen LogP contribution is -2.14. The molecule has 1 aromatic heterocycles. The van der Waals surface area contributed by atoms with Gasteiger partial charge in [-0.05, 0) is 34.5 Å². The zero-order chi connectivity index (χ0) is 10.6. The van der Waals surface area contributed by atoms with E-state index in [-0.39, 0.29) is 12.5 Å². The number of carboxylic acid groups (broad SMARTS) is 1. The summed E-state index contributed by atoms with van der Waals surface area (Å²) < 4.78 is 0.817. The first-order chi connectivity index (χ1) is 6.61. The van der Waals surface area contributed by atoms with Crippen LogP contribution in [0, 0.1) is 0 Å². The fourth-order valence-corrected chi connectivity index (χ4v) is 1.64. The third kappa shape index (κ3) is 3.08. The second-order valence-electron chi connectivity index (χ2n) is 2.91. The zero-order valence-corrected chi connectivity index (χ0v) is 9.07. The molecule has 1 unspecified atom stereocenters. The van der Waals surface area contributed by atoms with Crippen molar-refractivity contribution < 1.29 is 9.90 Å². The van der Waals surface area contributed by atoms with Gasteiger partial charge in [0.25, 0.3) is 0 Å². The van der Waals surface area contributed by atoms with Gasteiger partial charge >= 0.3 is 5.97 Å². The van der Waals surface area contributed by atoms with Crippen LogP contribution in [-0.2, 0) is 4.79 Å². The topological polar surface area (TPSA) is 76.2 Å². The first kappa shape index (κ1) is 11.1. The fraction of sp³-hybridized carbons (Fsp3) is 0.333. The Morgan fingerprint density at radius 3 is 3.00 bits per heavy atom. The highest BCUT2D eigenvalue weighted by molar-refractivity contribution is 9.10. The van der Waals surface area contributed by atoms with Gasteiger partial charge in [-0.15, -0.1) is 0 Å². The molecule has 0 radical (unpaired) electrons. The second-order valence-corrected chi connectivity index (χ2v) is 3.76. The first-order valence-corrected chi connectivity index (χ1v) is 4.98. The summed E-state index contributed by atoms with van der Waals surface area (Å²) in [6.07, 6.45) is 2.09. The summed E-state index contributed by atoms with van der Waals surface area (Å²) in [6, 6.07) is 3.29. The Morgan fingerprint density at radius 2 is 2.43 bits per heavy atom. The van der Waals surface area contributed by atoms with E-state index < -0.39 is 5.97 Å². The van der Waals surface area contributed by atoms with Crippen molar-refractivity contribution in [3.05, 3.63) is 28.5 Å². The minimum atomic E-state index is -0.840. The molecule has 0 spiro atoms. The first-order valence-electron chi connectivity index (χ1n) is 4.19. The summed E-state index contributed by atoms with van der Waals surface area (Å²) in [7, 11) is 0. The molecule has 14 heavy (non-hydrogen) atoms. The van der Waals surface area contributed by atoms with Gasteiger partial charge in [-0.1, -0.05) is 0 Å². The van der Waals surface area contributed by atoms with Crippen molar-refractivity contribution in [2.75, 3.05) is 0 Å². The molecule has 1 aromatic rings. The van der Waals surface area contributed by atoms with Gasteiger partial charge in [0, 0.05) is 23.1 Å². The molecule has 76 valence electrons. The van der Waals surface area contributed by atoms with Gasteiger partial charge in [-0.25, -0.2) is 0 Å². The van der Waals surface area contributed by atoms with Crippen LogP contribution in [0.2, 0.25) is 0 Å². The number of rotatable bonds is 4. The highest BCUT2D eigenvalue weighted by Crippen LogP contribution is 2.21. The Balaban J connectivity index is 2.65. The largest absolute Gasteiger partial charge is 0.481 e. The number of carboxylic acids is 1. The van der Waals surface area contributed by atoms with Crippen LogP contribution in [0.15, 0.2) is 22.8 Å². The number of nitrogens with two attached hydrogens (primary N) is 1. The molecule has 0 aromatic carbocycles. The SMILES string of the molecule is NC(CCC(=O)O)c1ncccc1Br. The molecule has 0 aliphatic carbocycles. The van der Waals surface area contributed by atoms with Gasteiger partial charge in [0.15, 0.2) is 0 Å². The molecule has 0 bridgehead atoms. The van der Waals surface area contributed by atoms with E-state index in [4.69, 9.17) is 10.8 Å². The number of aromatic nitrogens is 1. The van der Waals surface area contributed by atoms with E-state index in [1.54, 1.807) is 12.3 Å². The van der Waals surface area contributed by atoms with Crippen molar-refractivity contribution in [2.45, 2.75) is 18.9 Å². The highest BCUT2D eigenvalue weighted by atomic mass is 79.9. The van der Waals surface area contributed by atoms with E-state index in [9.17, 15) is 4.79 Å². The van der Waals surface area contributed by atoms with Crippen LogP contribution in [0.4, 0.5) is 0 Å². The Kier molecular flexibility index (Phi) is 4.03. The molecule has 1 atom stereocenters. The smallest absolute Gasteiger partial charge is 0.303 e. The molecule has 3 N–H and O–H groups in total. The van der Waals surface area contributed by atoms with E-state index >= 15 is 0 Å². The zero-order valence-electron chi connectivity index (χ0n) is 7.48. The Labute approximate surface area is 90.3 Å². The van der Waals surface area contributed by atoms with Gasteiger partial charge in [0.05, 0.1) is 5.69 Å². The van der Waals surface area contributed by atoms with Crippen LogP contribution in [0.1, 0.15) is 24.6 Å². The lowest BCUT2D eigenvalue weighted by molar-refractivity contribution is -0.137. The highest BCUT2D eigenvalue weighted by Gasteiger charge is 2.12. The molecule has 0 saturated carbocycles. The number of aliphatic carboxylic acids is 1. The molecule has 1 heterocycles. The molecule has 0 fully saturated rings. The van der Waals surface area contributed by atoms with Crippen molar-refractivity contribution in [1.29, 1.82) is 0 Å². The average Bonchev–Trinajstić information content (AvgIpc) is 2.15. The standard InChI is InChI=1S/C9H11BrN2O2/c10-6-2-1-5-12-9(6)7(11)3-4-8(13)14/h1-2,5,7H,3-4,11H2,(H,13,14). The normalized spacial score (nSPS) is 12.4. The summed E-state index contributed by atoms with van der Waals surface area (Å²) in [5, 5.41) is 8.49. The van der Waals surface area contributed by atoms with E-state index in [0.29, 0.717) is 12.1 Å². The van der Waals surface area contributed by atoms with E-state index in [2.05, 4.69) is 20.9 Å². The summed E-state index contributed by atoms with van der Waals surface area (Å²) in [6.45, 7) is 0. The minimum Gasteiger partial charge on any atom is -0.481 e.